The molecule has 1 rings (SSSR count). The highest BCUT2D eigenvalue weighted by Crippen LogP contribution is 2.07. The number of pyridine rings is 1. The third-order valence-corrected chi connectivity index (χ3v) is 1.18. The number of hydrogen-bond acceptors (Lipinski definition) is 1. The highest BCUT2D eigenvalue weighted by Gasteiger charge is 1.91. The Morgan fingerprint density at radius 2 is 2.22 bits per heavy atom. The molecule has 9 heavy (non-hydrogen) atoms. The van der Waals surface area contributed by atoms with E-state index in [9.17, 15) is 0 Å². The molecule has 1 aromatic rings. The van der Waals surface area contributed by atoms with Crippen molar-refractivity contribution >= 4 is 11.6 Å². The summed E-state index contributed by atoms with van der Waals surface area (Å²) in [4.78, 5) is 3.94. The molecule has 0 spiro atoms. The first-order valence-electron chi connectivity index (χ1n) is 2.71. The summed E-state index contributed by atoms with van der Waals surface area (Å²) in [5.41, 5.74) is 1.88. The summed E-state index contributed by atoms with van der Waals surface area (Å²) in [6, 6.07) is 4.80. The van der Waals surface area contributed by atoms with Gasteiger partial charge in [0.1, 0.15) is 5.15 Å². The molecule has 0 aliphatic carbocycles. The maximum atomic E-state index is 5.62. The fraction of sp³-hybridized carbons (Fsp3) is 0.286. The number of aromatic nitrogens is 1. The van der Waals surface area contributed by atoms with Crippen molar-refractivity contribution in [2.24, 2.45) is 0 Å². The Balaban J connectivity index is 3.17. The minimum absolute atomic E-state index is 0.545. The second-order valence-electron chi connectivity index (χ2n) is 1.97. The van der Waals surface area contributed by atoms with Crippen molar-refractivity contribution in [2.45, 2.75) is 13.8 Å². The van der Waals surface area contributed by atoms with Crippen molar-refractivity contribution in [2.75, 3.05) is 0 Å². The number of halogens is 1. The molecule has 0 saturated carbocycles. The van der Waals surface area contributed by atoms with Crippen LogP contribution in [0.5, 0.6) is 0 Å². The van der Waals surface area contributed by atoms with Gasteiger partial charge in [0.2, 0.25) is 0 Å². The van der Waals surface area contributed by atoms with Crippen molar-refractivity contribution in [3.8, 4) is 0 Å². The van der Waals surface area contributed by atoms with Crippen molar-refractivity contribution in [1.29, 1.82) is 0 Å². The quantitative estimate of drug-likeness (QED) is 0.504. The predicted molar refractivity (Wildman–Crippen MR) is 37.6 cm³/mol. The standard InChI is InChI=1S/C7H7ClN/c1-5-3-6(2)9-7(8)4-5/h4H,1-2H3. The van der Waals surface area contributed by atoms with Gasteiger partial charge >= 0.3 is 0 Å². The molecule has 2 heteroatoms. The van der Waals surface area contributed by atoms with Crippen LogP contribution in [-0.2, 0) is 0 Å². The van der Waals surface area contributed by atoms with Crippen molar-refractivity contribution in [3.63, 3.8) is 0 Å². The molecule has 0 aromatic carbocycles. The fourth-order valence-electron chi connectivity index (χ4n) is 0.721. The van der Waals surface area contributed by atoms with Crippen molar-refractivity contribution in [1.82, 2.24) is 4.98 Å². The van der Waals surface area contributed by atoms with Gasteiger partial charge in [-0.05, 0) is 25.5 Å². The highest BCUT2D eigenvalue weighted by atomic mass is 35.5. The number of hydrogen-bond donors (Lipinski definition) is 0. The Kier molecular flexibility index (Phi) is 1.72. The summed E-state index contributed by atoms with van der Waals surface area (Å²) in [6.45, 7) is 3.82. The lowest BCUT2D eigenvalue weighted by Crippen LogP contribution is -1.82. The van der Waals surface area contributed by atoms with E-state index in [0.717, 1.165) is 11.3 Å². The molecule has 0 unspecified atom stereocenters. The van der Waals surface area contributed by atoms with Crippen LogP contribution in [0.3, 0.4) is 0 Å². The fourth-order valence-corrected chi connectivity index (χ4v) is 1.01. The zero-order chi connectivity index (χ0) is 6.85. The van der Waals surface area contributed by atoms with Gasteiger partial charge in [-0.15, -0.1) is 0 Å². The first-order valence-corrected chi connectivity index (χ1v) is 3.09. The molecular formula is C7H7ClN. The topological polar surface area (TPSA) is 12.9 Å². The van der Waals surface area contributed by atoms with Crippen LogP contribution in [0.1, 0.15) is 11.3 Å². The van der Waals surface area contributed by atoms with Gasteiger partial charge in [0.15, 0.2) is 0 Å². The van der Waals surface area contributed by atoms with Crippen LogP contribution in [-0.4, -0.2) is 4.98 Å². The van der Waals surface area contributed by atoms with Crippen LogP contribution in [0.4, 0.5) is 0 Å². The van der Waals surface area contributed by atoms with Gasteiger partial charge < -0.3 is 0 Å². The summed E-state index contributed by atoms with van der Waals surface area (Å²) in [7, 11) is 0. The zero-order valence-corrected chi connectivity index (χ0v) is 6.16. The Bertz CT molecular complexity index is 170. The van der Waals surface area contributed by atoms with E-state index < -0.39 is 0 Å². The van der Waals surface area contributed by atoms with E-state index in [1.165, 1.54) is 0 Å². The van der Waals surface area contributed by atoms with Gasteiger partial charge in [-0.1, -0.05) is 11.6 Å². The van der Waals surface area contributed by atoms with Crippen molar-refractivity contribution < 1.29 is 0 Å². The molecule has 0 N–H and O–H groups in total. The predicted octanol–water partition coefficient (Wildman–Crippen LogP) is 2.15. The van der Waals surface area contributed by atoms with Crippen LogP contribution in [0, 0.1) is 19.9 Å². The molecule has 0 aliphatic rings. The first-order chi connectivity index (χ1) is 4.18. The minimum atomic E-state index is 0.545. The van der Waals surface area contributed by atoms with Gasteiger partial charge in [0, 0.05) is 11.8 Å². The summed E-state index contributed by atoms with van der Waals surface area (Å²) < 4.78 is 0. The largest absolute Gasteiger partial charge is 0.241 e. The van der Waals surface area contributed by atoms with Gasteiger partial charge in [0.25, 0.3) is 0 Å². The Hall–Kier alpha value is -0.560. The van der Waals surface area contributed by atoms with Crippen LogP contribution >= 0.6 is 11.6 Å². The van der Waals surface area contributed by atoms with E-state index in [1.807, 2.05) is 13.8 Å². The molecule has 1 nitrogen and oxygen atoms in total. The lowest BCUT2D eigenvalue weighted by atomic mass is 10.3. The van der Waals surface area contributed by atoms with E-state index in [-0.39, 0.29) is 0 Å². The molecule has 0 bridgehead atoms. The Morgan fingerprint density at radius 1 is 1.56 bits per heavy atom. The molecule has 47 valence electrons. The van der Waals surface area contributed by atoms with Crippen LogP contribution in [0.2, 0.25) is 5.15 Å². The molecule has 1 radical (unpaired) electrons. The van der Waals surface area contributed by atoms with Crippen LogP contribution in [0.15, 0.2) is 6.07 Å². The summed E-state index contributed by atoms with van der Waals surface area (Å²) in [6.07, 6.45) is 0. The molecule has 0 saturated heterocycles. The SMILES string of the molecule is Cc1[c]c(C)nc(Cl)c1. The van der Waals surface area contributed by atoms with Gasteiger partial charge in [-0.2, -0.15) is 0 Å². The normalized spacial score (nSPS) is 9.67. The van der Waals surface area contributed by atoms with E-state index in [0.29, 0.717) is 5.15 Å². The average molecular weight is 141 g/mol. The lowest BCUT2D eigenvalue weighted by molar-refractivity contribution is 1.17. The molecule has 1 aromatic heterocycles. The molecule has 0 aliphatic heterocycles. The van der Waals surface area contributed by atoms with E-state index >= 15 is 0 Å². The smallest absolute Gasteiger partial charge is 0.129 e. The van der Waals surface area contributed by atoms with E-state index in [2.05, 4.69) is 11.1 Å². The highest BCUT2D eigenvalue weighted by molar-refractivity contribution is 6.29. The molecule has 0 amide bonds. The second-order valence-corrected chi connectivity index (χ2v) is 2.36. The molecule has 0 atom stereocenters. The maximum absolute atomic E-state index is 5.62. The Labute approximate surface area is 59.7 Å². The number of nitrogens with zero attached hydrogens (tertiary/aromatic N) is 1. The summed E-state index contributed by atoms with van der Waals surface area (Å²) in [5, 5.41) is 0.545. The van der Waals surface area contributed by atoms with Crippen LogP contribution < -0.4 is 0 Å². The lowest BCUT2D eigenvalue weighted by Gasteiger charge is -1.93. The number of rotatable bonds is 0. The maximum Gasteiger partial charge on any atom is 0.129 e. The Morgan fingerprint density at radius 3 is 2.67 bits per heavy atom. The van der Waals surface area contributed by atoms with Crippen molar-refractivity contribution in [3.05, 3.63) is 28.5 Å². The summed E-state index contributed by atoms with van der Waals surface area (Å²) in [5.74, 6) is 0. The third kappa shape index (κ3) is 1.68. The van der Waals surface area contributed by atoms with E-state index in [4.69, 9.17) is 11.6 Å². The van der Waals surface area contributed by atoms with Gasteiger partial charge in [-0.25, -0.2) is 4.98 Å². The molecular weight excluding hydrogens is 134 g/mol. The monoisotopic (exact) mass is 140 g/mol. The van der Waals surface area contributed by atoms with Gasteiger partial charge in [0.05, 0.1) is 0 Å². The van der Waals surface area contributed by atoms with Gasteiger partial charge in [-0.3, -0.25) is 0 Å². The zero-order valence-electron chi connectivity index (χ0n) is 5.40. The third-order valence-electron chi connectivity index (χ3n) is 0.988. The first kappa shape index (κ1) is 6.56. The van der Waals surface area contributed by atoms with E-state index in [1.54, 1.807) is 6.07 Å². The number of aryl methyl sites for hydroxylation is 2. The summed E-state index contributed by atoms with van der Waals surface area (Å²) >= 11 is 5.62. The average Bonchev–Trinajstić information content (AvgIpc) is 1.59. The minimum Gasteiger partial charge on any atom is -0.241 e. The molecule has 0 fully saturated rings. The van der Waals surface area contributed by atoms with Crippen LogP contribution in [0.25, 0.3) is 0 Å². The molecule has 1 heterocycles. The second kappa shape index (κ2) is 2.36.